The van der Waals surface area contributed by atoms with Gasteiger partial charge in [-0.3, -0.25) is 4.90 Å². The Morgan fingerprint density at radius 1 is 1.13 bits per heavy atom. The standard InChI is InChI=1S/C26H35F4N5O2S/c1-16(2)19(25(27)13-35(14-25)22(36)37-23(3,4)5)34-11-24(12-34)6-7-33(10-24)20-18-8-17(9-26(28,29)30)38-21(18)32-15-31-20/h8,15-16,19H,6-7,9-14H2,1-5H3/t19-/m0/s1. The lowest BCUT2D eigenvalue weighted by molar-refractivity contribution is -0.142. The molecule has 2 aromatic heterocycles. The number of aromatic nitrogens is 2. The van der Waals surface area contributed by atoms with Crippen LogP contribution in [0.5, 0.6) is 0 Å². The monoisotopic (exact) mass is 557 g/mol. The van der Waals surface area contributed by atoms with Gasteiger partial charge in [-0.2, -0.15) is 13.2 Å². The molecule has 38 heavy (non-hydrogen) atoms. The Bertz CT molecular complexity index is 1200. The second-order valence-corrected chi connectivity index (χ2v) is 13.7. The van der Waals surface area contributed by atoms with E-state index in [1.165, 1.54) is 11.2 Å². The summed E-state index contributed by atoms with van der Waals surface area (Å²) in [6, 6.07) is 1.25. The van der Waals surface area contributed by atoms with Crippen molar-refractivity contribution >= 4 is 33.5 Å². The number of halogens is 4. The maximum atomic E-state index is 16.1. The van der Waals surface area contributed by atoms with Gasteiger partial charge in [0, 0.05) is 42.5 Å². The highest BCUT2D eigenvalue weighted by Gasteiger charge is 2.59. The molecule has 0 N–H and O–H groups in total. The number of fused-ring (bicyclic) bond motifs is 1. The van der Waals surface area contributed by atoms with Gasteiger partial charge < -0.3 is 14.5 Å². The number of ether oxygens (including phenoxy) is 1. The molecule has 3 aliphatic rings. The van der Waals surface area contributed by atoms with Gasteiger partial charge in [0.15, 0.2) is 5.67 Å². The Morgan fingerprint density at radius 2 is 1.82 bits per heavy atom. The molecule has 1 spiro atoms. The van der Waals surface area contributed by atoms with E-state index in [1.54, 1.807) is 26.8 Å². The number of hydrogen-bond acceptors (Lipinski definition) is 7. The normalized spacial score (nSPS) is 22.2. The third kappa shape index (κ3) is 5.30. The van der Waals surface area contributed by atoms with Gasteiger partial charge in [-0.05, 0) is 39.2 Å². The Labute approximate surface area is 224 Å². The van der Waals surface area contributed by atoms with Crippen molar-refractivity contribution in [2.45, 2.75) is 70.9 Å². The van der Waals surface area contributed by atoms with Crippen LogP contribution in [0.15, 0.2) is 12.4 Å². The fraction of sp³-hybridized carbons (Fsp3) is 0.731. The van der Waals surface area contributed by atoms with Gasteiger partial charge in [0.25, 0.3) is 0 Å². The molecule has 0 aromatic carbocycles. The van der Waals surface area contributed by atoms with Gasteiger partial charge in [0.2, 0.25) is 0 Å². The summed E-state index contributed by atoms with van der Waals surface area (Å²) in [7, 11) is 0. The van der Waals surface area contributed by atoms with E-state index in [1.807, 2.05) is 13.8 Å². The highest BCUT2D eigenvalue weighted by molar-refractivity contribution is 7.18. The SMILES string of the molecule is CC(C)[C@H](N1CC2(CCN(c3ncnc4sc(CC(F)(F)F)cc34)C2)C1)C1(F)CN(C(=O)OC(C)(C)C)C1. The summed E-state index contributed by atoms with van der Waals surface area (Å²) < 4.78 is 60.2. The lowest BCUT2D eigenvalue weighted by atomic mass is 9.72. The molecule has 5 heterocycles. The van der Waals surface area contributed by atoms with Crippen molar-refractivity contribution in [2.24, 2.45) is 11.3 Å². The first-order valence-electron chi connectivity index (χ1n) is 13.0. The van der Waals surface area contributed by atoms with Crippen LogP contribution in [0.25, 0.3) is 10.2 Å². The average molecular weight is 558 g/mol. The summed E-state index contributed by atoms with van der Waals surface area (Å²) in [6.07, 6.45) is -3.41. The predicted octanol–water partition coefficient (Wildman–Crippen LogP) is 5.29. The van der Waals surface area contributed by atoms with Gasteiger partial charge >= 0.3 is 12.3 Å². The second-order valence-electron chi connectivity index (χ2n) is 12.6. The molecule has 3 aliphatic heterocycles. The van der Waals surface area contributed by atoms with Crippen molar-refractivity contribution in [3.8, 4) is 0 Å². The molecular weight excluding hydrogens is 522 g/mol. The minimum absolute atomic E-state index is 0.0137. The molecule has 1 atom stereocenters. The zero-order chi connectivity index (χ0) is 27.7. The summed E-state index contributed by atoms with van der Waals surface area (Å²) in [5, 5.41) is 0.657. The van der Waals surface area contributed by atoms with E-state index in [0.29, 0.717) is 22.6 Å². The molecule has 0 saturated carbocycles. The van der Waals surface area contributed by atoms with Crippen molar-refractivity contribution in [3.63, 3.8) is 0 Å². The fourth-order valence-corrected chi connectivity index (χ4v) is 7.41. The van der Waals surface area contributed by atoms with Crippen molar-refractivity contribution in [2.75, 3.05) is 44.2 Å². The predicted molar refractivity (Wildman–Crippen MR) is 138 cm³/mol. The maximum absolute atomic E-state index is 16.1. The molecule has 3 saturated heterocycles. The molecule has 12 heteroatoms. The van der Waals surface area contributed by atoms with Gasteiger partial charge in [0.1, 0.15) is 22.6 Å². The van der Waals surface area contributed by atoms with Gasteiger partial charge in [-0.1, -0.05) is 13.8 Å². The number of carbonyl (C=O) groups excluding carboxylic acids is 1. The smallest absolute Gasteiger partial charge is 0.410 e. The van der Waals surface area contributed by atoms with E-state index in [9.17, 15) is 18.0 Å². The molecule has 7 nitrogen and oxygen atoms in total. The molecule has 0 unspecified atom stereocenters. The summed E-state index contributed by atoms with van der Waals surface area (Å²) in [4.78, 5) is 27.5. The fourth-order valence-electron chi connectivity index (χ4n) is 6.39. The van der Waals surface area contributed by atoms with E-state index in [2.05, 4.69) is 19.8 Å². The highest BCUT2D eigenvalue weighted by Crippen LogP contribution is 2.47. The van der Waals surface area contributed by atoms with Crippen LogP contribution in [0.2, 0.25) is 0 Å². The van der Waals surface area contributed by atoms with Crippen molar-refractivity contribution in [3.05, 3.63) is 17.3 Å². The van der Waals surface area contributed by atoms with Crippen molar-refractivity contribution < 1.29 is 27.1 Å². The van der Waals surface area contributed by atoms with Crippen LogP contribution in [0, 0.1) is 11.3 Å². The quantitative estimate of drug-likeness (QED) is 0.466. The molecule has 0 radical (unpaired) electrons. The Hall–Kier alpha value is -2.21. The molecule has 0 aliphatic carbocycles. The van der Waals surface area contributed by atoms with Crippen LogP contribution < -0.4 is 4.90 Å². The summed E-state index contributed by atoms with van der Waals surface area (Å²) in [5.41, 5.74) is -2.13. The van der Waals surface area contributed by atoms with Crippen molar-refractivity contribution in [1.29, 1.82) is 0 Å². The largest absolute Gasteiger partial charge is 0.444 e. The molecule has 210 valence electrons. The first-order chi connectivity index (χ1) is 17.6. The molecule has 2 aromatic rings. The number of alkyl halides is 4. The second kappa shape index (κ2) is 9.18. The number of anilines is 1. The van der Waals surface area contributed by atoms with E-state index in [-0.39, 0.29) is 35.3 Å². The first kappa shape index (κ1) is 27.4. The van der Waals surface area contributed by atoms with Crippen LogP contribution in [-0.2, 0) is 11.2 Å². The number of carbonyl (C=O) groups is 1. The zero-order valence-electron chi connectivity index (χ0n) is 22.4. The first-order valence-corrected chi connectivity index (χ1v) is 13.8. The van der Waals surface area contributed by atoms with E-state index in [0.717, 1.165) is 37.4 Å². The number of rotatable bonds is 5. The topological polar surface area (TPSA) is 61.8 Å². The van der Waals surface area contributed by atoms with Gasteiger partial charge in [-0.25, -0.2) is 19.2 Å². The summed E-state index contributed by atoms with van der Waals surface area (Å²) in [5.74, 6) is 0.736. The average Bonchev–Trinajstić information content (AvgIpc) is 3.32. The van der Waals surface area contributed by atoms with Crippen LogP contribution in [0.3, 0.4) is 0 Å². The maximum Gasteiger partial charge on any atom is 0.410 e. The minimum Gasteiger partial charge on any atom is -0.444 e. The van der Waals surface area contributed by atoms with Crippen LogP contribution in [0.1, 0.15) is 45.9 Å². The Kier molecular flexibility index (Phi) is 6.61. The number of thiophene rings is 1. The van der Waals surface area contributed by atoms with E-state index in [4.69, 9.17) is 4.74 Å². The van der Waals surface area contributed by atoms with E-state index >= 15 is 4.39 Å². The zero-order valence-corrected chi connectivity index (χ0v) is 23.3. The van der Waals surface area contributed by atoms with Crippen LogP contribution in [-0.4, -0.2) is 88.6 Å². The lowest BCUT2D eigenvalue weighted by Gasteiger charge is -2.59. The van der Waals surface area contributed by atoms with E-state index < -0.39 is 30.0 Å². The van der Waals surface area contributed by atoms with Gasteiger partial charge in [0.05, 0.1) is 24.9 Å². The van der Waals surface area contributed by atoms with Crippen LogP contribution in [0.4, 0.5) is 28.2 Å². The molecule has 0 bridgehead atoms. The number of nitrogens with zero attached hydrogens (tertiary/aromatic N) is 5. The summed E-state index contributed by atoms with van der Waals surface area (Å²) >= 11 is 1.06. The Balaban J connectivity index is 1.24. The number of likely N-dealkylation sites (tertiary alicyclic amines) is 2. The highest BCUT2D eigenvalue weighted by atomic mass is 32.1. The van der Waals surface area contributed by atoms with Crippen molar-refractivity contribution in [1.82, 2.24) is 19.8 Å². The molecular formula is C26H35F4N5O2S. The molecule has 1 amide bonds. The molecule has 5 rings (SSSR count). The number of amides is 1. The molecule has 3 fully saturated rings. The number of hydrogen-bond donors (Lipinski definition) is 0. The third-order valence-corrected chi connectivity index (χ3v) is 8.71. The van der Waals surface area contributed by atoms with Gasteiger partial charge in [-0.15, -0.1) is 11.3 Å². The lowest BCUT2D eigenvalue weighted by Crippen LogP contribution is -2.75. The third-order valence-electron chi connectivity index (χ3n) is 7.66. The summed E-state index contributed by atoms with van der Waals surface area (Å²) in [6.45, 7) is 12.4. The minimum atomic E-state index is -4.27. The van der Waals surface area contributed by atoms with Crippen LogP contribution >= 0.6 is 11.3 Å². The Morgan fingerprint density at radius 3 is 2.42 bits per heavy atom.